The van der Waals surface area contributed by atoms with Crippen molar-refractivity contribution in [3.63, 3.8) is 0 Å². The fraction of sp³-hybridized carbons (Fsp3) is 0.571. The number of amides is 1. The summed E-state index contributed by atoms with van der Waals surface area (Å²) in [5.41, 5.74) is -3.60. The third-order valence-corrected chi connectivity index (χ3v) is 7.30. The first kappa shape index (κ1) is 23.0. The smallest absolute Gasteiger partial charge is 0.338 e. The number of nitrogens with zero attached hydrogens (tertiary/aromatic N) is 3. The van der Waals surface area contributed by atoms with Crippen LogP contribution in [0.5, 0.6) is 0 Å². The van der Waals surface area contributed by atoms with Crippen molar-refractivity contribution in [2.24, 2.45) is 0 Å². The van der Waals surface area contributed by atoms with Gasteiger partial charge < -0.3 is 4.90 Å². The predicted molar refractivity (Wildman–Crippen MR) is 105 cm³/mol. The molecule has 1 amide bonds. The molecule has 0 bridgehead atoms. The number of likely N-dealkylation sites (tertiary alicyclic amines) is 1. The van der Waals surface area contributed by atoms with Gasteiger partial charge in [0.1, 0.15) is 10.0 Å². The number of piperidine rings is 1. The van der Waals surface area contributed by atoms with Crippen molar-refractivity contribution in [1.82, 2.24) is 15.1 Å². The van der Waals surface area contributed by atoms with Gasteiger partial charge in [0.15, 0.2) is 0 Å². The Balaban J connectivity index is 1.55. The standard InChI is InChI=1S/C21H21F6N3OS/c22-20(23,24)15-8-14(9-16(10-15)21(25,26)27)19(31)30-7-3-6-13(11-30)18-29-28-17(32-18)12-4-1-2-5-12/h8-10,12-13H,1-7,11H2. The van der Waals surface area contributed by atoms with E-state index in [1.54, 1.807) is 0 Å². The number of rotatable bonds is 3. The van der Waals surface area contributed by atoms with Crippen molar-refractivity contribution >= 4 is 17.2 Å². The van der Waals surface area contributed by atoms with Crippen LogP contribution >= 0.6 is 11.3 Å². The molecule has 2 heterocycles. The minimum absolute atomic E-state index is 0.0293. The van der Waals surface area contributed by atoms with Gasteiger partial charge >= 0.3 is 12.4 Å². The first-order valence-electron chi connectivity index (χ1n) is 10.4. The number of halogens is 6. The number of benzene rings is 1. The highest BCUT2D eigenvalue weighted by atomic mass is 32.1. The molecular weight excluding hydrogens is 456 g/mol. The lowest BCUT2D eigenvalue weighted by atomic mass is 9.97. The number of carbonyl (C=O) groups excluding carboxylic acids is 1. The number of alkyl halides is 6. The quantitative estimate of drug-likeness (QED) is 0.491. The van der Waals surface area contributed by atoms with Crippen molar-refractivity contribution < 1.29 is 31.1 Å². The number of hydrogen-bond acceptors (Lipinski definition) is 4. The van der Waals surface area contributed by atoms with Crippen LogP contribution in [0.25, 0.3) is 0 Å². The lowest BCUT2D eigenvalue weighted by molar-refractivity contribution is -0.143. The molecule has 1 aliphatic heterocycles. The third-order valence-electron chi connectivity index (χ3n) is 6.05. The van der Waals surface area contributed by atoms with Crippen LogP contribution in [0.1, 0.15) is 81.9 Å². The van der Waals surface area contributed by atoms with Gasteiger partial charge in [-0.2, -0.15) is 26.3 Å². The molecule has 2 fully saturated rings. The van der Waals surface area contributed by atoms with Gasteiger partial charge in [0.2, 0.25) is 0 Å². The van der Waals surface area contributed by atoms with E-state index >= 15 is 0 Å². The summed E-state index contributed by atoms with van der Waals surface area (Å²) in [5.74, 6) is -0.575. The normalized spacial score (nSPS) is 20.7. The van der Waals surface area contributed by atoms with Crippen molar-refractivity contribution in [2.45, 2.75) is 62.7 Å². The van der Waals surface area contributed by atoms with E-state index in [2.05, 4.69) is 10.2 Å². The molecule has 0 spiro atoms. The lowest BCUT2D eigenvalue weighted by Crippen LogP contribution is -2.39. The molecule has 1 aromatic heterocycles. The van der Waals surface area contributed by atoms with Crippen LogP contribution < -0.4 is 0 Å². The molecule has 174 valence electrons. The zero-order valence-corrected chi connectivity index (χ0v) is 17.8. The van der Waals surface area contributed by atoms with E-state index in [1.165, 1.54) is 16.2 Å². The topological polar surface area (TPSA) is 46.1 Å². The highest BCUT2D eigenvalue weighted by molar-refractivity contribution is 7.11. The van der Waals surface area contributed by atoms with Gasteiger partial charge in [-0.3, -0.25) is 4.79 Å². The SMILES string of the molecule is O=C(c1cc(C(F)(F)F)cc(C(F)(F)F)c1)N1CCCC(c2nnc(C3CCCC3)s2)C1. The maximum atomic E-state index is 13.1. The van der Waals surface area contributed by atoms with Crippen LogP contribution in [0.15, 0.2) is 18.2 Å². The maximum Gasteiger partial charge on any atom is 0.416 e. The minimum Gasteiger partial charge on any atom is -0.338 e. The Morgan fingerprint density at radius 3 is 1.94 bits per heavy atom. The summed E-state index contributed by atoms with van der Waals surface area (Å²) in [6, 6.07) is 1.01. The number of hydrogen-bond donors (Lipinski definition) is 0. The Hall–Kier alpha value is -2.17. The Labute approximate surface area is 184 Å². The highest BCUT2D eigenvalue weighted by Gasteiger charge is 2.38. The Kier molecular flexibility index (Phi) is 6.21. The first-order valence-corrected chi connectivity index (χ1v) is 11.3. The van der Waals surface area contributed by atoms with Crippen LogP contribution in [0, 0.1) is 0 Å². The number of aromatic nitrogens is 2. The van der Waals surface area contributed by atoms with E-state index in [1.807, 2.05) is 0 Å². The van der Waals surface area contributed by atoms with E-state index < -0.39 is 35.0 Å². The van der Waals surface area contributed by atoms with Crippen LogP contribution in [0.2, 0.25) is 0 Å². The van der Waals surface area contributed by atoms with E-state index in [-0.39, 0.29) is 25.1 Å². The molecule has 4 rings (SSSR count). The van der Waals surface area contributed by atoms with Crippen LogP contribution in [0.4, 0.5) is 26.3 Å². The molecule has 2 aromatic rings. The third kappa shape index (κ3) is 4.92. The summed E-state index contributed by atoms with van der Waals surface area (Å²) < 4.78 is 78.9. The predicted octanol–water partition coefficient (Wildman–Crippen LogP) is 6.25. The molecule has 1 unspecified atom stereocenters. The summed E-state index contributed by atoms with van der Waals surface area (Å²) in [6.07, 6.45) is -4.22. The van der Waals surface area contributed by atoms with Gasteiger partial charge in [-0.15, -0.1) is 21.5 Å². The summed E-state index contributed by atoms with van der Waals surface area (Å²) >= 11 is 1.50. The van der Waals surface area contributed by atoms with Gasteiger partial charge in [-0.05, 0) is 43.9 Å². The van der Waals surface area contributed by atoms with Crippen molar-refractivity contribution in [3.8, 4) is 0 Å². The van der Waals surface area contributed by atoms with Crippen molar-refractivity contribution in [1.29, 1.82) is 0 Å². The molecule has 4 nitrogen and oxygen atoms in total. The number of carbonyl (C=O) groups is 1. The molecule has 32 heavy (non-hydrogen) atoms. The summed E-state index contributed by atoms with van der Waals surface area (Å²) in [4.78, 5) is 14.2. The average Bonchev–Trinajstić information content (AvgIpc) is 3.43. The molecule has 1 aromatic carbocycles. The zero-order chi connectivity index (χ0) is 23.1. The highest BCUT2D eigenvalue weighted by Crippen LogP contribution is 2.39. The van der Waals surface area contributed by atoms with Crippen molar-refractivity contribution in [2.75, 3.05) is 13.1 Å². The van der Waals surface area contributed by atoms with Gasteiger partial charge in [0, 0.05) is 30.5 Å². The summed E-state index contributed by atoms with van der Waals surface area (Å²) in [7, 11) is 0. The van der Waals surface area contributed by atoms with Crippen LogP contribution in [-0.4, -0.2) is 34.1 Å². The molecule has 1 aliphatic carbocycles. The largest absolute Gasteiger partial charge is 0.416 e. The van der Waals surface area contributed by atoms with E-state index in [9.17, 15) is 31.1 Å². The molecule has 11 heteroatoms. The van der Waals surface area contributed by atoms with Gasteiger partial charge in [0.05, 0.1) is 11.1 Å². The lowest BCUT2D eigenvalue weighted by Gasteiger charge is -2.32. The van der Waals surface area contributed by atoms with Crippen molar-refractivity contribution in [3.05, 3.63) is 44.9 Å². The second kappa shape index (κ2) is 8.64. The van der Waals surface area contributed by atoms with E-state index in [4.69, 9.17) is 0 Å². The molecular formula is C21H21F6N3OS. The Bertz CT molecular complexity index is 948. The Morgan fingerprint density at radius 2 is 1.38 bits per heavy atom. The van der Waals surface area contributed by atoms with Gasteiger partial charge in [0.25, 0.3) is 5.91 Å². The fourth-order valence-corrected chi connectivity index (χ4v) is 5.51. The fourth-order valence-electron chi connectivity index (χ4n) is 4.37. The zero-order valence-electron chi connectivity index (χ0n) is 17.0. The monoisotopic (exact) mass is 477 g/mol. The van der Waals surface area contributed by atoms with Gasteiger partial charge in [-0.1, -0.05) is 12.8 Å². The molecule has 0 radical (unpaired) electrons. The first-order chi connectivity index (χ1) is 15.0. The summed E-state index contributed by atoms with van der Waals surface area (Å²) in [5, 5.41) is 10.3. The molecule has 1 saturated carbocycles. The van der Waals surface area contributed by atoms with Crippen LogP contribution in [-0.2, 0) is 12.4 Å². The van der Waals surface area contributed by atoms with Gasteiger partial charge in [-0.25, -0.2) is 0 Å². The van der Waals surface area contributed by atoms with Crippen LogP contribution in [0.3, 0.4) is 0 Å². The molecule has 2 aliphatic rings. The average molecular weight is 477 g/mol. The van der Waals surface area contributed by atoms with E-state index in [0.717, 1.165) is 42.1 Å². The second-order valence-electron chi connectivity index (χ2n) is 8.34. The Morgan fingerprint density at radius 1 is 0.844 bits per heavy atom. The van der Waals surface area contributed by atoms with E-state index in [0.29, 0.717) is 24.5 Å². The minimum atomic E-state index is -5.00. The molecule has 0 N–H and O–H groups in total. The second-order valence-corrected chi connectivity index (χ2v) is 9.39. The molecule has 1 saturated heterocycles. The molecule has 1 atom stereocenters. The maximum absolute atomic E-state index is 13.1. The summed E-state index contributed by atoms with van der Waals surface area (Å²) in [6.45, 7) is 0.455.